The number of aliphatic hydroxyl groups excluding tert-OH is 1. The predicted octanol–water partition coefficient (Wildman–Crippen LogP) is 1.82. The molecule has 78 valence electrons. The molecule has 1 unspecified atom stereocenters. The molecule has 0 aliphatic heterocycles. The van der Waals surface area contributed by atoms with Crippen LogP contribution in [-0.2, 0) is 0 Å². The second-order valence-corrected chi connectivity index (χ2v) is 3.84. The third-order valence-electron chi connectivity index (χ3n) is 2.22. The number of rotatable bonds is 4. The van der Waals surface area contributed by atoms with Gasteiger partial charge in [0, 0.05) is 5.69 Å². The Hall–Kier alpha value is -1.09. The van der Waals surface area contributed by atoms with E-state index >= 15 is 0 Å². The number of aliphatic hydroxyl groups is 1. The third-order valence-corrected chi connectivity index (χ3v) is 2.22. The SMILES string of the molecule is Cc1cccc(NC(CO)C(C)C)n1. The van der Waals surface area contributed by atoms with Crippen LogP contribution in [0.2, 0.25) is 0 Å². The Morgan fingerprint density at radius 1 is 1.43 bits per heavy atom. The summed E-state index contributed by atoms with van der Waals surface area (Å²) >= 11 is 0. The van der Waals surface area contributed by atoms with Crippen molar-refractivity contribution in [1.29, 1.82) is 0 Å². The van der Waals surface area contributed by atoms with Crippen LogP contribution < -0.4 is 5.32 Å². The largest absolute Gasteiger partial charge is 0.394 e. The quantitative estimate of drug-likeness (QED) is 0.768. The van der Waals surface area contributed by atoms with Gasteiger partial charge in [0.1, 0.15) is 5.82 Å². The molecular formula is C11H18N2O. The van der Waals surface area contributed by atoms with Crippen molar-refractivity contribution in [3.8, 4) is 0 Å². The Bertz CT molecular complexity index is 286. The topological polar surface area (TPSA) is 45.1 Å². The maximum Gasteiger partial charge on any atom is 0.126 e. The lowest BCUT2D eigenvalue weighted by molar-refractivity contribution is 0.249. The van der Waals surface area contributed by atoms with E-state index in [0.29, 0.717) is 5.92 Å². The number of nitrogens with one attached hydrogen (secondary N) is 1. The number of anilines is 1. The predicted molar refractivity (Wildman–Crippen MR) is 58.3 cm³/mol. The van der Waals surface area contributed by atoms with Gasteiger partial charge in [0.25, 0.3) is 0 Å². The summed E-state index contributed by atoms with van der Waals surface area (Å²) in [6.45, 7) is 6.23. The molecule has 0 aliphatic carbocycles. The fraction of sp³-hybridized carbons (Fsp3) is 0.545. The summed E-state index contributed by atoms with van der Waals surface area (Å²) in [5.41, 5.74) is 0.982. The summed E-state index contributed by atoms with van der Waals surface area (Å²) in [4.78, 5) is 4.32. The molecule has 0 saturated carbocycles. The molecule has 0 bridgehead atoms. The summed E-state index contributed by atoms with van der Waals surface area (Å²) in [6, 6.07) is 5.90. The van der Waals surface area contributed by atoms with E-state index in [2.05, 4.69) is 24.1 Å². The number of pyridine rings is 1. The van der Waals surface area contributed by atoms with Crippen molar-refractivity contribution in [2.75, 3.05) is 11.9 Å². The standard InChI is InChI=1S/C11H18N2O/c1-8(2)10(7-14)13-11-6-4-5-9(3)12-11/h4-6,8,10,14H,7H2,1-3H3,(H,12,13). The highest BCUT2D eigenvalue weighted by atomic mass is 16.3. The Morgan fingerprint density at radius 3 is 2.64 bits per heavy atom. The highest BCUT2D eigenvalue weighted by Crippen LogP contribution is 2.10. The fourth-order valence-corrected chi connectivity index (χ4v) is 1.24. The first kappa shape index (κ1) is 11.0. The Morgan fingerprint density at radius 2 is 2.14 bits per heavy atom. The van der Waals surface area contributed by atoms with Crippen molar-refractivity contribution in [1.82, 2.24) is 4.98 Å². The molecule has 3 heteroatoms. The van der Waals surface area contributed by atoms with E-state index in [4.69, 9.17) is 5.11 Å². The van der Waals surface area contributed by atoms with Gasteiger partial charge >= 0.3 is 0 Å². The highest BCUT2D eigenvalue weighted by molar-refractivity contribution is 5.36. The van der Waals surface area contributed by atoms with Crippen LogP contribution in [0.1, 0.15) is 19.5 Å². The molecule has 14 heavy (non-hydrogen) atoms. The zero-order valence-corrected chi connectivity index (χ0v) is 8.99. The van der Waals surface area contributed by atoms with Gasteiger partial charge < -0.3 is 10.4 Å². The molecule has 2 N–H and O–H groups in total. The first-order chi connectivity index (χ1) is 6.63. The van der Waals surface area contributed by atoms with Crippen molar-refractivity contribution in [2.45, 2.75) is 26.8 Å². The lowest BCUT2D eigenvalue weighted by Gasteiger charge is -2.20. The minimum Gasteiger partial charge on any atom is -0.394 e. The second kappa shape index (κ2) is 4.96. The minimum absolute atomic E-state index is 0.0734. The van der Waals surface area contributed by atoms with E-state index in [1.807, 2.05) is 25.1 Å². The fourth-order valence-electron chi connectivity index (χ4n) is 1.24. The normalized spacial score (nSPS) is 12.9. The number of aromatic nitrogens is 1. The van der Waals surface area contributed by atoms with Crippen LogP contribution in [0.15, 0.2) is 18.2 Å². The van der Waals surface area contributed by atoms with Gasteiger partial charge in [-0.05, 0) is 25.0 Å². The van der Waals surface area contributed by atoms with E-state index in [0.717, 1.165) is 11.5 Å². The molecule has 1 aromatic rings. The van der Waals surface area contributed by atoms with E-state index in [1.165, 1.54) is 0 Å². The first-order valence-corrected chi connectivity index (χ1v) is 4.94. The van der Waals surface area contributed by atoms with E-state index in [9.17, 15) is 0 Å². The molecule has 1 rings (SSSR count). The maximum absolute atomic E-state index is 9.14. The van der Waals surface area contributed by atoms with Crippen LogP contribution in [0.4, 0.5) is 5.82 Å². The monoisotopic (exact) mass is 194 g/mol. The van der Waals surface area contributed by atoms with Gasteiger partial charge in [0.05, 0.1) is 12.6 Å². The molecule has 0 aromatic carbocycles. The van der Waals surface area contributed by atoms with Gasteiger partial charge in [-0.15, -0.1) is 0 Å². The van der Waals surface area contributed by atoms with Crippen molar-refractivity contribution in [3.05, 3.63) is 23.9 Å². The molecule has 0 spiro atoms. The van der Waals surface area contributed by atoms with Gasteiger partial charge in [0.15, 0.2) is 0 Å². The van der Waals surface area contributed by atoms with Crippen molar-refractivity contribution >= 4 is 5.82 Å². The Balaban J connectivity index is 2.67. The molecule has 3 nitrogen and oxygen atoms in total. The van der Waals surface area contributed by atoms with E-state index < -0.39 is 0 Å². The van der Waals surface area contributed by atoms with Gasteiger partial charge in [-0.1, -0.05) is 19.9 Å². The maximum atomic E-state index is 9.14. The first-order valence-electron chi connectivity index (χ1n) is 4.94. The smallest absolute Gasteiger partial charge is 0.126 e. The Labute approximate surface area is 85.2 Å². The van der Waals surface area contributed by atoms with Crippen LogP contribution in [0, 0.1) is 12.8 Å². The lowest BCUT2D eigenvalue weighted by atomic mass is 10.1. The molecule has 0 saturated heterocycles. The molecule has 1 heterocycles. The molecule has 0 fully saturated rings. The van der Waals surface area contributed by atoms with Crippen molar-refractivity contribution < 1.29 is 5.11 Å². The highest BCUT2D eigenvalue weighted by Gasteiger charge is 2.11. The minimum atomic E-state index is 0.0734. The second-order valence-electron chi connectivity index (χ2n) is 3.84. The Kier molecular flexibility index (Phi) is 3.89. The van der Waals surface area contributed by atoms with Crippen LogP contribution >= 0.6 is 0 Å². The van der Waals surface area contributed by atoms with Gasteiger partial charge in [-0.2, -0.15) is 0 Å². The van der Waals surface area contributed by atoms with Crippen molar-refractivity contribution in [3.63, 3.8) is 0 Å². The van der Waals surface area contributed by atoms with Crippen LogP contribution in [0.5, 0.6) is 0 Å². The summed E-state index contributed by atoms with van der Waals surface area (Å²) in [6.07, 6.45) is 0. The van der Waals surface area contributed by atoms with Crippen LogP contribution in [0.25, 0.3) is 0 Å². The number of aryl methyl sites for hydroxylation is 1. The van der Waals surface area contributed by atoms with E-state index in [1.54, 1.807) is 0 Å². The average Bonchev–Trinajstić information content (AvgIpc) is 2.14. The molecule has 0 radical (unpaired) electrons. The molecule has 0 aliphatic rings. The van der Waals surface area contributed by atoms with Gasteiger partial charge in [0.2, 0.25) is 0 Å². The summed E-state index contributed by atoms with van der Waals surface area (Å²) in [5.74, 6) is 1.22. The molecule has 1 aromatic heterocycles. The van der Waals surface area contributed by atoms with Gasteiger partial charge in [-0.3, -0.25) is 0 Å². The summed E-state index contributed by atoms with van der Waals surface area (Å²) in [7, 11) is 0. The molecule has 1 atom stereocenters. The molecular weight excluding hydrogens is 176 g/mol. The number of hydrogen-bond donors (Lipinski definition) is 2. The summed E-state index contributed by atoms with van der Waals surface area (Å²) < 4.78 is 0. The number of nitrogens with zero attached hydrogens (tertiary/aromatic N) is 1. The van der Waals surface area contributed by atoms with Crippen molar-refractivity contribution in [2.24, 2.45) is 5.92 Å². The average molecular weight is 194 g/mol. The van der Waals surface area contributed by atoms with Crippen LogP contribution in [-0.4, -0.2) is 22.7 Å². The zero-order valence-electron chi connectivity index (χ0n) is 8.99. The van der Waals surface area contributed by atoms with Crippen LogP contribution in [0.3, 0.4) is 0 Å². The number of hydrogen-bond acceptors (Lipinski definition) is 3. The van der Waals surface area contributed by atoms with E-state index in [-0.39, 0.29) is 12.6 Å². The zero-order chi connectivity index (χ0) is 10.6. The lowest BCUT2D eigenvalue weighted by Crippen LogP contribution is -2.29. The molecule has 0 amide bonds. The third kappa shape index (κ3) is 3.00. The van der Waals surface area contributed by atoms with Gasteiger partial charge in [-0.25, -0.2) is 4.98 Å². The summed E-state index contributed by atoms with van der Waals surface area (Å²) in [5, 5.41) is 12.3.